The molecule has 0 bridgehead atoms. The summed E-state index contributed by atoms with van der Waals surface area (Å²) in [5, 5.41) is 11.5. The zero-order valence-electron chi connectivity index (χ0n) is 16.6. The van der Waals surface area contributed by atoms with Gasteiger partial charge in [0, 0.05) is 11.1 Å². The van der Waals surface area contributed by atoms with Gasteiger partial charge in [-0.1, -0.05) is 48.5 Å². The second kappa shape index (κ2) is 9.51. The van der Waals surface area contributed by atoms with E-state index in [0.29, 0.717) is 5.56 Å². The van der Waals surface area contributed by atoms with Gasteiger partial charge in [-0.25, -0.2) is 4.79 Å². The van der Waals surface area contributed by atoms with Crippen LogP contribution in [0.4, 0.5) is 4.79 Å². The van der Waals surface area contributed by atoms with Crippen LogP contribution in [-0.4, -0.2) is 41.5 Å². The number of rotatable bonds is 6. The fourth-order valence-electron chi connectivity index (χ4n) is 2.54. The standard InChI is InChI=1S/C22H23N3O4/c1-22(2,3)29-21(28)24-15-25(14-13-23)20(27)18-12-8-7-11-17(18)19(26)16-9-5-4-6-10-16/h4-12H,14-15H2,1-3H3,(H,24,28). The summed E-state index contributed by atoms with van der Waals surface area (Å²) < 4.78 is 5.15. The monoisotopic (exact) mass is 393 g/mol. The molecule has 2 rings (SSSR count). The van der Waals surface area contributed by atoms with Crippen LogP contribution in [0.3, 0.4) is 0 Å². The molecule has 0 unspecified atom stereocenters. The molecule has 0 heterocycles. The van der Waals surface area contributed by atoms with E-state index in [1.165, 1.54) is 6.07 Å². The highest BCUT2D eigenvalue weighted by Crippen LogP contribution is 2.17. The number of nitriles is 1. The van der Waals surface area contributed by atoms with Gasteiger partial charge in [0.1, 0.15) is 12.1 Å². The lowest BCUT2D eigenvalue weighted by molar-refractivity contribution is 0.0484. The van der Waals surface area contributed by atoms with Crippen LogP contribution in [0, 0.1) is 11.3 Å². The summed E-state index contributed by atoms with van der Waals surface area (Å²) in [5.41, 5.74) is 0.140. The van der Waals surface area contributed by atoms with Crippen molar-refractivity contribution in [2.45, 2.75) is 26.4 Å². The van der Waals surface area contributed by atoms with Crippen molar-refractivity contribution in [1.29, 1.82) is 5.26 Å². The third-order valence-electron chi connectivity index (χ3n) is 3.80. The molecule has 0 fully saturated rings. The van der Waals surface area contributed by atoms with Gasteiger partial charge in [0.2, 0.25) is 0 Å². The molecular formula is C22H23N3O4. The molecular weight excluding hydrogens is 370 g/mol. The van der Waals surface area contributed by atoms with Crippen molar-refractivity contribution < 1.29 is 19.1 Å². The summed E-state index contributed by atoms with van der Waals surface area (Å²) in [6.45, 7) is 4.67. The van der Waals surface area contributed by atoms with E-state index in [2.05, 4.69) is 5.32 Å². The maximum atomic E-state index is 13.0. The number of hydrogen-bond acceptors (Lipinski definition) is 5. The highest BCUT2D eigenvalue weighted by molar-refractivity contribution is 6.15. The van der Waals surface area contributed by atoms with E-state index in [9.17, 15) is 14.4 Å². The van der Waals surface area contributed by atoms with Crippen LogP contribution < -0.4 is 5.32 Å². The van der Waals surface area contributed by atoms with Crippen molar-refractivity contribution in [3.8, 4) is 6.07 Å². The van der Waals surface area contributed by atoms with Crippen LogP contribution in [0.15, 0.2) is 54.6 Å². The number of carbonyl (C=O) groups excluding carboxylic acids is 3. The number of ether oxygens (including phenoxy) is 1. The van der Waals surface area contributed by atoms with E-state index in [4.69, 9.17) is 10.00 Å². The molecule has 0 atom stereocenters. The summed E-state index contributed by atoms with van der Waals surface area (Å²) >= 11 is 0. The highest BCUT2D eigenvalue weighted by Gasteiger charge is 2.23. The zero-order valence-corrected chi connectivity index (χ0v) is 16.6. The Morgan fingerprint density at radius 3 is 2.17 bits per heavy atom. The Morgan fingerprint density at radius 2 is 1.59 bits per heavy atom. The summed E-state index contributed by atoms with van der Waals surface area (Å²) in [7, 11) is 0. The van der Waals surface area contributed by atoms with Gasteiger partial charge in [0.15, 0.2) is 5.78 Å². The molecule has 0 saturated heterocycles. The molecule has 1 N–H and O–H groups in total. The Bertz CT molecular complexity index is 927. The van der Waals surface area contributed by atoms with Crippen molar-refractivity contribution in [2.75, 3.05) is 13.2 Å². The first-order chi connectivity index (χ1) is 13.7. The number of benzene rings is 2. The lowest BCUT2D eigenvalue weighted by atomic mass is 9.97. The van der Waals surface area contributed by atoms with Crippen LogP contribution in [0.1, 0.15) is 47.1 Å². The summed E-state index contributed by atoms with van der Waals surface area (Å²) in [6.07, 6.45) is -0.707. The Morgan fingerprint density at radius 1 is 1.00 bits per heavy atom. The first-order valence-electron chi connectivity index (χ1n) is 9.05. The third kappa shape index (κ3) is 6.18. The largest absolute Gasteiger partial charge is 0.444 e. The van der Waals surface area contributed by atoms with E-state index in [-0.39, 0.29) is 30.1 Å². The van der Waals surface area contributed by atoms with Crippen molar-refractivity contribution >= 4 is 17.8 Å². The lowest BCUT2D eigenvalue weighted by Gasteiger charge is -2.24. The maximum absolute atomic E-state index is 13.0. The smallest absolute Gasteiger partial charge is 0.409 e. The maximum Gasteiger partial charge on any atom is 0.409 e. The Kier molecular flexibility index (Phi) is 7.10. The highest BCUT2D eigenvalue weighted by atomic mass is 16.6. The number of ketones is 1. The number of nitrogens with one attached hydrogen (secondary N) is 1. The molecule has 0 spiro atoms. The number of amides is 2. The number of carbonyl (C=O) groups is 3. The fourth-order valence-corrected chi connectivity index (χ4v) is 2.54. The third-order valence-corrected chi connectivity index (χ3v) is 3.80. The average molecular weight is 393 g/mol. The van der Waals surface area contributed by atoms with Crippen molar-refractivity contribution in [2.24, 2.45) is 0 Å². The van der Waals surface area contributed by atoms with Gasteiger partial charge >= 0.3 is 6.09 Å². The lowest BCUT2D eigenvalue weighted by Crippen LogP contribution is -2.43. The van der Waals surface area contributed by atoms with Gasteiger partial charge in [-0.3, -0.25) is 9.59 Å². The topological polar surface area (TPSA) is 99.5 Å². The van der Waals surface area contributed by atoms with Gasteiger partial charge < -0.3 is 15.0 Å². The van der Waals surface area contributed by atoms with Gasteiger partial charge in [0.25, 0.3) is 5.91 Å². The van der Waals surface area contributed by atoms with Crippen LogP contribution in [-0.2, 0) is 4.74 Å². The number of hydrogen-bond donors (Lipinski definition) is 1. The Balaban J connectivity index is 2.23. The first kappa shape index (κ1) is 21.6. The van der Waals surface area contributed by atoms with E-state index < -0.39 is 17.6 Å². The minimum atomic E-state index is -0.707. The van der Waals surface area contributed by atoms with Crippen LogP contribution in [0.25, 0.3) is 0 Å². The molecule has 2 aromatic rings. The predicted molar refractivity (Wildman–Crippen MR) is 107 cm³/mol. The molecule has 29 heavy (non-hydrogen) atoms. The van der Waals surface area contributed by atoms with Gasteiger partial charge in [-0.15, -0.1) is 0 Å². The molecule has 150 valence electrons. The summed E-state index contributed by atoms with van der Waals surface area (Å²) in [6, 6.07) is 16.9. The molecule has 0 saturated carbocycles. The predicted octanol–water partition coefficient (Wildman–Crippen LogP) is 3.37. The normalized spacial score (nSPS) is 10.6. The molecule has 2 aromatic carbocycles. The fraction of sp³-hybridized carbons (Fsp3) is 0.273. The average Bonchev–Trinajstić information content (AvgIpc) is 2.69. The quantitative estimate of drug-likeness (QED) is 0.461. The van der Waals surface area contributed by atoms with Gasteiger partial charge in [-0.2, -0.15) is 5.26 Å². The van der Waals surface area contributed by atoms with Crippen LogP contribution >= 0.6 is 0 Å². The van der Waals surface area contributed by atoms with Gasteiger partial charge in [0.05, 0.1) is 18.3 Å². The zero-order chi connectivity index (χ0) is 21.4. The van der Waals surface area contributed by atoms with Crippen molar-refractivity contribution in [3.05, 3.63) is 71.3 Å². The molecule has 2 amide bonds. The Labute approximate surface area is 169 Å². The van der Waals surface area contributed by atoms with E-state index in [1.54, 1.807) is 69.3 Å². The van der Waals surface area contributed by atoms with E-state index in [1.807, 2.05) is 6.07 Å². The second-order valence-electron chi connectivity index (χ2n) is 7.24. The minimum absolute atomic E-state index is 0.155. The number of alkyl carbamates (subject to hydrolysis) is 1. The first-order valence-corrected chi connectivity index (χ1v) is 9.05. The molecule has 0 radical (unpaired) electrons. The molecule has 0 aliphatic carbocycles. The SMILES string of the molecule is CC(C)(C)OC(=O)NCN(CC#N)C(=O)c1ccccc1C(=O)c1ccccc1. The van der Waals surface area contributed by atoms with Crippen molar-refractivity contribution in [3.63, 3.8) is 0 Å². The van der Waals surface area contributed by atoms with Crippen molar-refractivity contribution in [1.82, 2.24) is 10.2 Å². The molecule has 0 aliphatic heterocycles. The van der Waals surface area contributed by atoms with Gasteiger partial charge in [-0.05, 0) is 26.8 Å². The van der Waals surface area contributed by atoms with Crippen LogP contribution in [0.2, 0.25) is 0 Å². The van der Waals surface area contributed by atoms with E-state index in [0.717, 1.165) is 4.90 Å². The molecule has 7 nitrogen and oxygen atoms in total. The Hall–Kier alpha value is -3.66. The second-order valence-corrected chi connectivity index (χ2v) is 7.24. The number of nitrogens with zero attached hydrogens (tertiary/aromatic N) is 2. The van der Waals surface area contributed by atoms with Crippen LogP contribution in [0.5, 0.6) is 0 Å². The molecule has 0 aromatic heterocycles. The minimum Gasteiger partial charge on any atom is -0.444 e. The summed E-state index contributed by atoms with van der Waals surface area (Å²) in [5.74, 6) is -0.839. The molecule has 0 aliphatic rings. The van der Waals surface area contributed by atoms with E-state index >= 15 is 0 Å². The molecule has 7 heteroatoms. The summed E-state index contributed by atoms with van der Waals surface area (Å²) in [4.78, 5) is 38.9.